The van der Waals surface area contributed by atoms with Crippen molar-refractivity contribution >= 4 is 34.2 Å². The van der Waals surface area contributed by atoms with E-state index in [0.717, 1.165) is 11.3 Å². The van der Waals surface area contributed by atoms with E-state index in [1.165, 1.54) is 0 Å². The minimum Gasteiger partial charge on any atom is -0.290 e. The van der Waals surface area contributed by atoms with Crippen molar-refractivity contribution in [2.45, 2.75) is 6.92 Å². The molecule has 0 bridgehead atoms. The van der Waals surface area contributed by atoms with Crippen LogP contribution < -0.4 is 0 Å². The number of hydrogen-bond acceptors (Lipinski definition) is 1. The van der Waals surface area contributed by atoms with E-state index in [9.17, 15) is 0 Å². The van der Waals surface area contributed by atoms with E-state index in [4.69, 9.17) is 11.6 Å². The number of halogens is 2. The maximum absolute atomic E-state index is 5.89. The molecule has 0 aliphatic carbocycles. The number of rotatable bonds is 0. The molecule has 2 nitrogen and oxygen atoms in total. The van der Waals surface area contributed by atoms with E-state index >= 15 is 0 Å². The van der Waals surface area contributed by atoms with Crippen LogP contribution in [-0.2, 0) is 0 Å². The molecule has 0 N–H and O–H groups in total. The number of fused-ring (bicyclic) bond motifs is 1. The molecule has 0 aromatic carbocycles. The molecule has 0 unspecified atom stereocenters. The Morgan fingerprint density at radius 2 is 2.17 bits per heavy atom. The summed E-state index contributed by atoms with van der Waals surface area (Å²) < 4.78 is 1.86. The predicted octanol–water partition coefficient (Wildman–Crippen LogP) is 2.87. The summed E-state index contributed by atoms with van der Waals surface area (Å²) in [6, 6.07) is 5.67. The molecule has 0 saturated heterocycles. The van der Waals surface area contributed by atoms with E-state index in [2.05, 4.69) is 4.98 Å². The molecule has 4 heteroatoms. The van der Waals surface area contributed by atoms with Crippen molar-refractivity contribution in [3.63, 3.8) is 0 Å². The van der Waals surface area contributed by atoms with Crippen molar-refractivity contribution in [1.82, 2.24) is 9.38 Å². The molecule has 0 aliphatic heterocycles. The number of imidazole rings is 1. The summed E-state index contributed by atoms with van der Waals surface area (Å²) in [6.45, 7) is 1.95. The molecule has 0 aliphatic rings. The van der Waals surface area contributed by atoms with E-state index in [-0.39, 0.29) is 17.0 Å². The second-order valence-corrected chi connectivity index (χ2v) is 2.85. The summed E-state index contributed by atoms with van der Waals surface area (Å²) in [6.07, 6.45) is 1.91. The van der Waals surface area contributed by atoms with Crippen molar-refractivity contribution in [3.05, 3.63) is 35.2 Å². The fourth-order valence-electron chi connectivity index (χ4n) is 1.10. The fourth-order valence-corrected chi connectivity index (χ4v) is 1.31. The average molecular weight is 248 g/mol. The highest BCUT2D eigenvalue weighted by Crippen LogP contribution is 2.12. The van der Waals surface area contributed by atoms with Gasteiger partial charge >= 0.3 is 0 Å². The molecule has 2 heterocycles. The maximum atomic E-state index is 5.89. The third kappa shape index (κ3) is 1.47. The quantitative estimate of drug-likeness (QED) is 0.654. The van der Waals surface area contributed by atoms with Gasteiger partial charge in [-0.15, -0.1) is 17.0 Å². The molecule has 0 amide bonds. The highest BCUT2D eigenvalue weighted by molar-refractivity contribution is 8.93. The highest BCUT2D eigenvalue weighted by Gasteiger charge is 1.98. The molecule has 2 aromatic rings. The van der Waals surface area contributed by atoms with Crippen LogP contribution in [0.1, 0.15) is 5.69 Å². The van der Waals surface area contributed by atoms with Gasteiger partial charge in [0.05, 0.1) is 5.69 Å². The number of pyridine rings is 1. The molecule has 2 rings (SSSR count). The van der Waals surface area contributed by atoms with Gasteiger partial charge in [-0.25, -0.2) is 4.98 Å². The van der Waals surface area contributed by atoms with E-state index in [1.54, 1.807) is 0 Å². The zero-order valence-electron chi connectivity index (χ0n) is 6.49. The minimum absolute atomic E-state index is 0. The van der Waals surface area contributed by atoms with Crippen LogP contribution in [0, 0.1) is 6.92 Å². The lowest BCUT2D eigenvalue weighted by Gasteiger charge is -1.93. The third-order valence-corrected chi connectivity index (χ3v) is 1.87. The Labute approximate surface area is 86.0 Å². The smallest absolute Gasteiger partial charge is 0.138 e. The minimum atomic E-state index is 0. The monoisotopic (exact) mass is 246 g/mol. The highest BCUT2D eigenvalue weighted by atomic mass is 79.9. The van der Waals surface area contributed by atoms with Crippen LogP contribution in [0.25, 0.3) is 5.65 Å². The van der Waals surface area contributed by atoms with Gasteiger partial charge in [-0.3, -0.25) is 4.40 Å². The van der Waals surface area contributed by atoms with Crippen LogP contribution in [0.5, 0.6) is 0 Å². The third-order valence-electron chi connectivity index (χ3n) is 1.56. The lowest BCUT2D eigenvalue weighted by molar-refractivity contribution is 1.18. The molecule has 0 fully saturated rings. The molecule has 0 radical (unpaired) electrons. The van der Waals surface area contributed by atoms with E-state index < -0.39 is 0 Å². The molecular weight excluding hydrogens is 239 g/mol. The molecule has 2 aromatic heterocycles. The number of nitrogens with zero attached hydrogens (tertiary/aromatic N) is 2. The van der Waals surface area contributed by atoms with Gasteiger partial charge in [-0.1, -0.05) is 17.7 Å². The Kier molecular flexibility index (Phi) is 2.75. The van der Waals surface area contributed by atoms with Crippen molar-refractivity contribution in [3.8, 4) is 0 Å². The van der Waals surface area contributed by atoms with Gasteiger partial charge < -0.3 is 0 Å². The number of aryl methyl sites for hydroxylation is 1. The average Bonchev–Trinajstić information content (AvgIpc) is 2.31. The summed E-state index contributed by atoms with van der Waals surface area (Å²) in [7, 11) is 0. The number of hydrogen-bond donors (Lipinski definition) is 0. The Balaban J connectivity index is 0.000000720. The fraction of sp³-hybridized carbons (Fsp3) is 0.125. The SMILES string of the molecule is Br.Cc1cn2c(Cl)cccc2n1. The molecule has 0 spiro atoms. The van der Waals surface area contributed by atoms with E-state index in [0.29, 0.717) is 5.15 Å². The van der Waals surface area contributed by atoms with Gasteiger partial charge in [-0.05, 0) is 19.1 Å². The van der Waals surface area contributed by atoms with Crippen LogP contribution in [-0.4, -0.2) is 9.38 Å². The number of aromatic nitrogens is 2. The largest absolute Gasteiger partial charge is 0.290 e. The predicted molar refractivity (Wildman–Crippen MR) is 55.3 cm³/mol. The second kappa shape index (κ2) is 3.46. The standard InChI is InChI=1S/C8H7ClN2.BrH/c1-6-5-11-7(9)3-2-4-8(11)10-6;/h2-5H,1H3;1H. The lowest BCUT2D eigenvalue weighted by Crippen LogP contribution is -1.82. The summed E-state index contributed by atoms with van der Waals surface area (Å²) in [5, 5.41) is 0.697. The Morgan fingerprint density at radius 1 is 1.42 bits per heavy atom. The Morgan fingerprint density at radius 3 is 2.83 bits per heavy atom. The van der Waals surface area contributed by atoms with Crippen molar-refractivity contribution in [2.75, 3.05) is 0 Å². The summed E-state index contributed by atoms with van der Waals surface area (Å²) in [4.78, 5) is 4.25. The topological polar surface area (TPSA) is 17.3 Å². The first kappa shape index (κ1) is 9.55. The first-order valence-electron chi connectivity index (χ1n) is 3.37. The first-order chi connectivity index (χ1) is 5.27. The van der Waals surface area contributed by atoms with Crippen LogP contribution in [0.4, 0.5) is 0 Å². The summed E-state index contributed by atoms with van der Waals surface area (Å²) >= 11 is 5.89. The van der Waals surface area contributed by atoms with Crippen LogP contribution >= 0.6 is 28.6 Å². The van der Waals surface area contributed by atoms with Crippen molar-refractivity contribution in [1.29, 1.82) is 0 Å². The molecule has 64 valence electrons. The van der Waals surface area contributed by atoms with Gasteiger partial charge in [0.15, 0.2) is 0 Å². The maximum Gasteiger partial charge on any atom is 0.138 e. The normalized spacial score (nSPS) is 9.83. The molecule has 0 atom stereocenters. The van der Waals surface area contributed by atoms with Crippen molar-refractivity contribution < 1.29 is 0 Å². The molecular formula is C8H8BrClN2. The Hall–Kier alpha value is -0.540. The zero-order chi connectivity index (χ0) is 7.84. The van der Waals surface area contributed by atoms with Gasteiger partial charge in [0.2, 0.25) is 0 Å². The first-order valence-corrected chi connectivity index (χ1v) is 3.75. The van der Waals surface area contributed by atoms with Crippen molar-refractivity contribution in [2.24, 2.45) is 0 Å². The van der Waals surface area contributed by atoms with Crippen LogP contribution in [0.3, 0.4) is 0 Å². The molecule has 0 saturated carbocycles. The van der Waals surface area contributed by atoms with Crippen LogP contribution in [0.15, 0.2) is 24.4 Å². The van der Waals surface area contributed by atoms with Crippen LogP contribution in [0.2, 0.25) is 5.15 Å². The zero-order valence-corrected chi connectivity index (χ0v) is 8.96. The summed E-state index contributed by atoms with van der Waals surface area (Å²) in [5.74, 6) is 0. The molecule has 12 heavy (non-hydrogen) atoms. The van der Waals surface area contributed by atoms with Gasteiger partial charge in [0, 0.05) is 6.20 Å². The van der Waals surface area contributed by atoms with Gasteiger partial charge in [0.1, 0.15) is 10.8 Å². The van der Waals surface area contributed by atoms with Gasteiger partial charge in [0.25, 0.3) is 0 Å². The van der Waals surface area contributed by atoms with E-state index in [1.807, 2.05) is 35.7 Å². The lowest BCUT2D eigenvalue weighted by atomic mass is 10.5. The Bertz CT molecular complexity index is 397. The second-order valence-electron chi connectivity index (χ2n) is 2.46. The van der Waals surface area contributed by atoms with Gasteiger partial charge in [-0.2, -0.15) is 0 Å². The summed E-state index contributed by atoms with van der Waals surface area (Å²) in [5.41, 5.74) is 1.88.